The summed E-state index contributed by atoms with van der Waals surface area (Å²) < 4.78 is 22.3. The third-order valence-corrected chi connectivity index (χ3v) is 3.55. The second-order valence-electron chi connectivity index (χ2n) is 5.29. The summed E-state index contributed by atoms with van der Waals surface area (Å²) in [5.41, 5.74) is 2.17. The zero-order valence-corrected chi connectivity index (χ0v) is 14.9. The van der Waals surface area contributed by atoms with E-state index in [9.17, 15) is 9.50 Å². The van der Waals surface area contributed by atoms with Gasteiger partial charge in [0.1, 0.15) is 30.8 Å². The fourth-order valence-corrected chi connectivity index (χ4v) is 2.49. The molecule has 0 saturated heterocycles. The van der Waals surface area contributed by atoms with Crippen LogP contribution in [0.25, 0.3) is 11.0 Å². The largest absolute Gasteiger partial charge is 1.00 e. The summed E-state index contributed by atoms with van der Waals surface area (Å²) in [6, 6.07) is 13.8. The van der Waals surface area contributed by atoms with Crippen LogP contribution < -0.4 is 33.3 Å². The van der Waals surface area contributed by atoms with E-state index >= 15 is 0 Å². The van der Waals surface area contributed by atoms with Gasteiger partial charge in [0.2, 0.25) is 6.33 Å². The number of hydrogen-bond acceptors (Lipinski definition) is 2. The van der Waals surface area contributed by atoms with Crippen LogP contribution in [-0.2, 0) is 13.6 Å². The first-order chi connectivity index (χ1) is 10.6. The van der Waals surface area contributed by atoms with E-state index in [4.69, 9.17) is 4.74 Å². The maximum absolute atomic E-state index is 12.8. The second-order valence-corrected chi connectivity index (χ2v) is 5.29. The summed E-state index contributed by atoms with van der Waals surface area (Å²) in [7, 11) is 1.97. The molecule has 1 atom stereocenters. The Hall–Kier alpha value is -1.67. The first kappa shape index (κ1) is 17.7. The van der Waals surface area contributed by atoms with Crippen LogP contribution in [0.3, 0.4) is 0 Å². The Bertz CT molecular complexity index is 774. The van der Waals surface area contributed by atoms with Gasteiger partial charge in [-0.1, -0.05) is 12.1 Å². The van der Waals surface area contributed by atoms with Crippen LogP contribution in [0.2, 0.25) is 0 Å². The van der Waals surface area contributed by atoms with Gasteiger partial charge in [-0.05, 0) is 36.4 Å². The summed E-state index contributed by atoms with van der Waals surface area (Å²) in [4.78, 5) is 0. The highest BCUT2D eigenvalue weighted by Crippen LogP contribution is 2.13. The molecule has 0 spiro atoms. The molecule has 1 N–H and O–H groups in total. The van der Waals surface area contributed by atoms with E-state index in [0.29, 0.717) is 12.3 Å². The fourth-order valence-electron chi connectivity index (χ4n) is 2.49. The van der Waals surface area contributed by atoms with Crippen LogP contribution in [0.15, 0.2) is 54.9 Å². The number of aliphatic hydroxyl groups excluding tert-OH is 1. The standard InChI is InChI=1S/C17H18FN2O2.HI/c1-19-12-20(17-5-3-2-4-16(17)19)10-14(21)11-22-15-8-6-13(18)7-9-15;/h2-9,12,14,21H,10-11H2,1H3;1H/q+1;/p-1. The molecule has 0 radical (unpaired) electrons. The van der Waals surface area contributed by atoms with Crippen LogP contribution in [0.1, 0.15) is 0 Å². The molecule has 0 saturated carbocycles. The molecule has 0 amide bonds. The summed E-state index contributed by atoms with van der Waals surface area (Å²) in [5, 5.41) is 10.2. The number of aromatic nitrogens is 2. The lowest BCUT2D eigenvalue weighted by Gasteiger charge is -2.10. The number of halogens is 2. The Morgan fingerprint density at radius 2 is 1.87 bits per heavy atom. The lowest BCUT2D eigenvalue weighted by atomic mass is 10.3. The van der Waals surface area contributed by atoms with Crippen LogP contribution in [0, 0.1) is 5.82 Å². The molecular weight excluding hydrogens is 410 g/mol. The molecule has 2 aromatic carbocycles. The number of rotatable bonds is 5. The molecule has 122 valence electrons. The van der Waals surface area contributed by atoms with E-state index in [0.717, 1.165) is 11.0 Å². The Balaban J connectivity index is 0.00000192. The van der Waals surface area contributed by atoms with Crippen molar-refractivity contribution in [3.63, 3.8) is 0 Å². The third-order valence-electron chi connectivity index (χ3n) is 3.55. The normalized spacial score (nSPS) is 12.0. The number of ether oxygens (including phenoxy) is 1. The van der Waals surface area contributed by atoms with E-state index in [1.165, 1.54) is 12.1 Å². The molecule has 0 bridgehead atoms. The first-order valence-electron chi connectivity index (χ1n) is 7.13. The van der Waals surface area contributed by atoms with Gasteiger partial charge in [-0.2, -0.15) is 0 Å². The lowest BCUT2D eigenvalue weighted by Crippen LogP contribution is -3.00. The summed E-state index contributed by atoms with van der Waals surface area (Å²) in [6.45, 7) is 0.588. The number of fused-ring (bicyclic) bond motifs is 1. The topological polar surface area (TPSA) is 38.3 Å². The molecular formula is C17H18FIN2O2. The van der Waals surface area contributed by atoms with E-state index in [-0.39, 0.29) is 36.4 Å². The molecule has 1 aromatic heterocycles. The van der Waals surface area contributed by atoms with Gasteiger partial charge in [-0.3, -0.25) is 0 Å². The number of hydrogen-bond donors (Lipinski definition) is 1. The van der Waals surface area contributed by atoms with Crippen molar-refractivity contribution < 1.29 is 42.8 Å². The molecule has 4 nitrogen and oxygen atoms in total. The molecule has 1 unspecified atom stereocenters. The van der Waals surface area contributed by atoms with Crippen molar-refractivity contribution in [1.29, 1.82) is 0 Å². The molecule has 23 heavy (non-hydrogen) atoms. The van der Waals surface area contributed by atoms with E-state index < -0.39 is 6.10 Å². The van der Waals surface area contributed by atoms with Gasteiger partial charge >= 0.3 is 0 Å². The van der Waals surface area contributed by atoms with Crippen molar-refractivity contribution in [2.24, 2.45) is 7.05 Å². The molecule has 1 heterocycles. The molecule has 6 heteroatoms. The van der Waals surface area contributed by atoms with Crippen molar-refractivity contribution in [2.75, 3.05) is 6.61 Å². The monoisotopic (exact) mass is 428 g/mol. The first-order valence-corrected chi connectivity index (χ1v) is 7.13. The van der Waals surface area contributed by atoms with Gasteiger partial charge in [0.15, 0.2) is 11.0 Å². The van der Waals surface area contributed by atoms with Gasteiger partial charge in [-0.25, -0.2) is 13.5 Å². The van der Waals surface area contributed by atoms with Crippen molar-refractivity contribution in [2.45, 2.75) is 12.6 Å². The van der Waals surface area contributed by atoms with Gasteiger partial charge in [0.25, 0.3) is 0 Å². The van der Waals surface area contributed by atoms with Gasteiger partial charge in [-0.15, -0.1) is 0 Å². The highest BCUT2D eigenvalue weighted by Gasteiger charge is 2.16. The minimum atomic E-state index is -0.652. The number of nitrogens with zero attached hydrogens (tertiary/aromatic N) is 2. The number of benzene rings is 2. The summed E-state index contributed by atoms with van der Waals surface area (Å²) in [6.07, 6.45) is 1.30. The number of imidazole rings is 1. The molecule has 3 aromatic rings. The molecule has 3 rings (SSSR count). The Morgan fingerprint density at radius 3 is 2.61 bits per heavy atom. The fraction of sp³-hybridized carbons (Fsp3) is 0.235. The van der Waals surface area contributed by atoms with Crippen LogP contribution in [-0.4, -0.2) is 22.4 Å². The lowest BCUT2D eigenvalue weighted by molar-refractivity contribution is -0.645. The smallest absolute Gasteiger partial charge is 0.244 e. The minimum absolute atomic E-state index is 0. The zero-order chi connectivity index (χ0) is 15.5. The average Bonchev–Trinajstić information content (AvgIpc) is 2.83. The number of para-hydroxylation sites is 2. The summed E-state index contributed by atoms with van der Waals surface area (Å²) >= 11 is 0. The van der Waals surface area contributed by atoms with Crippen LogP contribution in [0.5, 0.6) is 5.75 Å². The quantitative estimate of drug-likeness (QED) is 0.421. The zero-order valence-electron chi connectivity index (χ0n) is 12.7. The van der Waals surface area contributed by atoms with Crippen LogP contribution >= 0.6 is 0 Å². The van der Waals surface area contributed by atoms with Crippen molar-refractivity contribution >= 4 is 11.0 Å². The van der Waals surface area contributed by atoms with E-state index in [1.54, 1.807) is 12.1 Å². The Labute approximate surface area is 151 Å². The molecule has 0 aliphatic rings. The van der Waals surface area contributed by atoms with E-state index in [2.05, 4.69) is 0 Å². The molecule has 0 aliphatic heterocycles. The number of aryl methyl sites for hydroxylation is 1. The van der Waals surface area contributed by atoms with Gasteiger partial charge in [0.05, 0.1) is 7.05 Å². The van der Waals surface area contributed by atoms with Gasteiger partial charge < -0.3 is 33.8 Å². The van der Waals surface area contributed by atoms with Crippen molar-refractivity contribution in [3.8, 4) is 5.75 Å². The highest BCUT2D eigenvalue weighted by molar-refractivity contribution is 5.71. The average molecular weight is 428 g/mol. The summed E-state index contributed by atoms with van der Waals surface area (Å²) in [5.74, 6) is 0.238. The second kappa shape index (κ2) is 7.74. The number of aliphatic hydroxyl groups is 1. The predicted octanol–water partition coefficient (Wildman–Crippen LogP) is -0.951. The van der Waals surface area contributed by atoms with E-state index in [1.807, 2.05) is 46.8 Å². The molecule has 0 aliphatic carbocycles. The Morgan fingerprint density at radius 1 is 1.17 bits per heavy atom. The highest BCUT2D eigenvalue weighted by atomic mass is 127. The van der Waals surface area contributed by atoms with Crippen molar-refractivity contribution in [1.82, 2.24) is 4.57 Å². The van der Waals surface area contributed by atoms with Gasteiger partial charge in [0, 0.05) is 0 Å². The predicted molar refractivity (Wildman–Crippen MR) is 81.0 cm³/mol. The van der Waals surface area contributed by atoms with Crippen molar-refractivity contribution in [3.05, 3.63) is 60.7 Å². The Kier molecular flexibility index (Phi) is 5.95. The maximum atomic E-state index is 12.8. The third kappa shape index (κ3) is 4.20. The SMILES string of the molecule is C[n+]1cn(CC(O)COc2ccc(F)cc2)c2ccccc21.[I-]. The molecule has 0 fully saturated rings. The maximum Gasteiger partial charge on any atom is 0.244 e. The van der Waals surface area contributed by atoms with Crippen LogP contribution in [0.4, 0.5) is 4.39 Å². The minimum Gasteiger partial charge on any atom is -1.00 e.